The van der Waals surface area contributed by atoms with Crippen LogP contribution in [0.4, 0.5) is 0 Å². The van der Waals surface area contributed by atoms with Gasteiger partial charge in [-0.2, -0.15) is 4.31 Å². The average Bonchev–Trinajstić information content (AvgIpc) is 3.16. The Morgan fingerprint density at radius 2 is 1.83 bits per heavy atom. The molecule has 0 aromatic heterocycles. The predicted octanol–water partition coefficient (Wildman–Crippen LogP) is 1.38. The topological polar surface area (TPSA) is 66.9 Å². The highest BCUT2D eigenvalue weighted by atomic mass is 32.2. The summed E-state index contributed by atoms with van der Waals surface area (Å²) in [6.45, 7) is 1.74. The van der Waals surface area contributed by atoms with Gasteiger partial charge in [0.1, 0.15) is 0 Å². The molecule has 2 aliphatic heterocycles. The molecule has 3 rings (SSSR count). The lowest BCUT2D eigenvalue weighted by molar-refractivity contribution is -0.137. The predicted molar refractivity (Wildman–Crippen MR) is 92.0 cm³/mol. The molecule has 1 aliphatic carbocycles. The molecule has 7 heteroatoms. The minimum atomic E-state index is -3.30. The van der Waals surface area contributed by atoms with Gasteiger partial charge in [-0.15, -0.1) is 0 Å². The summed E-state index contributed by atoms with van der Waals surface area (Å²) in [4.78, 5) is 14.5. The van der Waals surface area contributed by atoms with Crippen LogP contribution in [-0.4, -0.2) is 68.2 Å². The average molecular weight is 356 g/mol. The van der Waals surface area contributed by atoms with E-state index in [4.69, 9.17) is 4.74 Å². The number of rotatable bonds is 4. The number of carbonyl (C=O) groups excluding carboxylic acids is 1. The van der Waals surface area contributed by atoms with Gasteiger partial charge in [0.15, 0.2) is 0 Å². The lowest BCUT2D eigenvalue weighted by atomic mass is 9.85. The third-order valence-corrected chi connectivity index (χ3v) is 7.22. The zero-order chi connectivity index (χ0) is 17.4. The summed E-state index contributed by atoms with van der Waals surface area (Å²) < 4.78 is 31.7. The molecular formula is C17H28N2O4S. The summed E-state index contributed by atoms with van der Waals surface area (Å²) in [7, 11) is -1.68. The molecule has 0 N–H and O–H groups in total. The van der Waals surface area contributed by atoms with Crippen LogP contribution < -0.4 is 0 Å². The van der Waals surface area contributed by atoms with E-state index in [0.717, 1.165) is 38.5 Å². The standard InChI is InChI=1S/C17H28N2O4S/c1-23-13-15-7-8-17(19(15)24(2,21)22)9-11-18(12-10-17)16(20)14-5-3-4-6-14/h3-4,14-15H,5-13H2,1-2H3/t15-/m1/s1. The second-order valence-electron chi connectivity index (χ2n) is 7.40. The molecule has 1 atom stereocenters. The number of allylic oxidation sites excluding steroid dienone is 2. The summed E-state index contributed by atoms with van der Waals surface area (Å²) in [5.41, 5.74) is -0.332. The van der Waals surface area contributed by atoms with E-state index >= 15 is 0 Å². The minimum absolute atomic E-state index is 0.0775. The summed E-state index contributed by atoms with van der Waals surface area (Å²) in [6.07, 6.45) is 10.3. The van der Waals surface area contributed by atoms with Crippen LogP contribution in [0.2, 0.25) is 0 Å². The number of hydrogen-bond acceptors (Lipinski definition) is 4. The fourth-order valence-corrected chi connectivity index (χ4v) is 6.39. The van der Waals surface area contributed by atoms with Gasteiger partial charge in [0, 0.05) is 37.7 Å². The quantitative estimate of drug-likeness (QED) is 0.714. The Kier molecular flexibility index (Phi) is 5.04. The molecule has 136 valence electrons. The molecule has 2 heterocycles. The first-order chi connectivity index (χ1) is 11.4. The molecule has 1 amide bonds. The van der Waals surface area contributed by atoms with Crippen LogP contribution in [0.1, 0.15) is 38.5 Å². The number of amides is 1. The third-order valence-electron chi connectivity index (χ3n) is 5.82. The summed E-state index contributed by atoms with van der Waals surface area (Å²) >= 11 is 0. The van der Waals surface area contributed by atoms with E-state index in [2.05, 4.69) is 12.2 Å². The zero-order valence-corrected chi connectivity index (χ0v) is 15.4. The molecule has 2 saturated heterocycles. The number of methoxy groups -OCH3 is 1. The highest BCUT2D eigenvalue weighted by molar-refractivity contribution is 7.88. The van der Waals surface area contributed by atoms with Gasteiger partial charge in [0.05, 0.1) is 12.9 Å². The molecule has 6 nitrogen and oxygen atoms in total. The van der Waals surface area contributed by atoms with E-state index in [1.807, 2.05) is 4.90 Å². The Bertz CT molecular complexity index is 600. The van der Waals surface area contributed by atoms with Crippen molar-refractivity contribution in [2.24, 2.45) is 5.92 Å². The lowest BCUT2D eigenvalue weighted by Gasteiger charge is -2.45. The van der Waals surface area contributed by atoms with Crippen LogP contribution in [0, 0.1) is 5.92 Å². The van der Waals surface area contributed by atoms with Crippen molar-refractivity contribution < 1.29 is 17.9 Å². The molecule has 0 aromatic rings. The number of ether oxygens (including phenoxy) is 1. The van der Waals surface area contributed by atoms with Crippen molar-refractivity contribution in [3.05, 3.63) is 12.2 Å². The Morgan fingerprint density at radius 1 is 1.21 bits per heavy atom. The Balaban J connectivity index is 1.70. The van der Waals surface area contributed by atoms with Crippen molar-refractivity contribution in [3.63, 3.8) is 0 Å². The second kappa shape index (κ2) is 6.77. The monoisotopic (exact) mass is 356 g/mol. The van der Waals surface area contributed by atoms with Gasteiger partial charge >= 0.3 is 0 Å². The molecule has 24 heavy (non-hydrogen) atoms. The molecule has 0 unspecified atom stereocenters. The Labute approximate surface area is 144 Å². The summed E-state index contributed by atoms with van der Waals surface area (Å²) in [5.74, 6) is 0.321. The van der Waals surface area contributed by atoms with E-state index in [1.54, 1.807) is 11.4 Å². The van der Waals surface area contributed by atoms with E-state index in [9.17, 15) is 13.2 Å². The molecule has 0 aromatic carbocycles. The van der Waals surface area contributed by atoms with Crippen molar-refractivity contribution in [2.45, 2.75) is 50.1 Å². The second-order valence-corrected chi connectivity index (χ2v) is 9.26. The molecule has 0 bridgehead atoms. The summed E-state index contributed by atoms with van der Waals surface area (Å²) in [5, 5.41) is 0. The van der Waals surface area contributed by atoms with Crippen molar-refractivity contribution in [1.29, 1.82) is 0 Å². The van der Waals surface area contributed by atoms with Gasteiger partial charge in [0.2, 0.25) is 15.9 Å². The van der Waals surface area contributed by atoms with E-state index in [-0.39, 0.29) is 23.4 Å². The Hall–Kier alpha value is -0.920. The minimum Gasteiger partial charge on any atom is -0.383 e. The first-order valence-electron chi connectivity index (χ1n) is 8.80. The number of piperidine rings is 1. The maximum atomic E-state index is 12.6. The highest BCUT2D eigenvalue weighted by Crippen LogP contribution is 2.43. The normalized spacial score (nSPS) is 28.1. The number of nitrogens with zero attached hydrogens (tertiary/aromatic N) is 2. The van der Waals surface area contributed by atoms with Crippen molar-refractivity contribution in [2.75, 3.05) is 33.1 Å². The number of hydrogen-bond donors (Lipinski definition) is 0. The number of carbonyl (C=O) groups is 1. The van der Waals surface area contributed by atoms with Crippen molar-refractivity contribution in [3.8, 4) is 0 Å². The van der Waals surface area contributed by atoms with Gasteiger partial charge in [-0.3, -0.25) is 4.79 Å². The van der Waals surface area contributed by atoms with Gasteiger partial charge < -0.3 is 9.64 Å². The SMILES string of the molecule is COC[C@H]1CCC2(CCN(C(=O)C3CC=CC3)CC2)N1S(C)(=O)=O. The van der Waals surface area contributed by atoms with Crippen LogP contribution in [0.3, 0.4) is 0 Å². The van der Waals surface area contributed by atoms with E-state index in [1.165, 1.54) is 6.26 Å². The summed E-state index contributed by atoms with van der Waals surface area (Å²) in [6, 6.07) is -0.0775. The number of likely N-dealkylation sites (tertiary alicyclic amines) is 1. The molecule has 0 radical (unpaired) electrons. The lowest BCUT2D eigenvalue weighted by Crippen LogP contribution is -2.57. The largest absolute Gasteiger partial charge is 0.383 e. The Morgan fingerprint density at radius 3 is 2.38 bits per heavy atom. The van der Waals surface area contributed by atoms with Crippen molar-refractivity contribution in [1.82, 2.24) is 9.21 Å². The molecule has 3 aliphatic rings. The first kappa shape index (κ1) is 17.9. The van der Waals surface area contributed by atoms with Crippen LogP contribution >= 0.6 is 0 Å². The van der Waals surface area contributed by atoms with Gasteiger partial charge in [0.25, 0.3) is 0 Å². The van der Waals surface area contributed by atoms with Gasteiger partial charge in [-0.25, -0.2) is 8.42 Å². The third kappa shape index (κ3) is 3.26. The maximum Gasteiger partial charge on any atom is 0.226 e. The maximum absolute atomic E-state index is 12.6. The fourth-order valence-electron chi connectivity index (χ4n) is 4.71. The van der Waals surface area contributed by atoms with Gasteiger partial charge in [-0.1, -0.05) is 12.2 Å². The first-order valence-corrected chi connectivity index (χ1v) is 10.6. The molecule has 1 spiro atoms. The van der Waals surface area contributed by atoms with Crippen molar-refractivity contribution >= 4 is 15.9 Å². The fraction of sp³-hybridized carbons (Fsp3) is 0.824. The van der Waals surface area contributed by atoms with Gasteiger partial charge in [-0.05, 0) is 38.5 Å². The highest BCUT2D eigenvalue weighted by Gasteiger charge is 2.52. The van der Waals surface area contributed by atoms with Crippen LogP contribution in [0.15, 0.2) is 12.2 Å². The zero-order valence-electron chi connectivity index (χ0n) is 14.6. The molecule has 2 fully saturated rings. The number of sulfonamides is 1. The van der Waals surface area contributed by atoms with E-state index in [0.29, 0.717) is 19.7 Å². The van der Waals surface area contributed by atoms with Crippen LogP contribution in [0.25, 0.3) is 0 Å². The van der Waals surface area contributed by atoms with Crippen LogP contribution in [0.5, 0.6) is 0 Å². The smallest absolute Gasteiger partial charge is 0.226 e. The molecule has 0 saturated carbocycles. The van der Waals surface area contributed by atoms with E-state index < -0.39 is 10.0 Å². The molecular weight excluding hydrogens is 328 g/mol. The van der Waals surface area contributed by atoms with Crippen LogP contribution in [-0.2, 0) is 19.6 Å².